The Morgan fingerprint density at radius 2 is 1.78 bits per heavy atom. The van der Waals surface area contributed by atoms with Crippen molar-refractivity contribution >= 4 is 11.6 Å². The Morgan fingerprint density at radius 1 is 1.11 bits per heavy atom. The van der Waals surface area contributed by atoms with E-state index >= 15 is 0 Å². The highest BCUT2D eigenvalue weighted by molar-refractivity contribution is 5.94. The van der Waals surface area contributed by atoms with Crippen molar-refractivity contribution in [1.29, 1.82) is 0 Å². The molecule has 4 heteroatoms. The van der Waals surface area contributed by atoms with Gasteiger partial charge in [-0.3, -0.25) is 9.69 Å². The first kappa shape index (κ1) is 19.7. The second-order valence-corrected chi connectivity index (χ2v) is 8.34. The molecule has 1 aromatic carbocycles. The molecule has 27 heavy (non-hydrogen) atoms. The van der Waals surface area contributed by atoms with E-state index in [2.05, 4.69) is 86.1 Å². The Kier molecular flexibility index (Phi) is 6.05. The lowest BCUT2D eigenvalue weighted by molar-refractivity contribution is -0.117. The van der Waals surface area contributed by atoms with E-state index in [-0.39, 0.29) is 5.91 Å². The van der Waals surface area contributed by atoms with Crippen molar-refractivity contribution < 1.29 is 4.79 Å². The van der Waals surface area contributed by atoms with Gasteiger partial charge in [-0.15, -0.1) is 0 Å². The van der Waals surface area contributed by atoms with Gasteiger partial charge in [0.05, 0.1) is 12.6 Å². The summed E-state index contributed by atoms with van der Waals surface area (Å²) in [5, 5.41) is 3.26. The third-order valence-electron chi connectivity index (χ3n) is 5.67. The Labute approximate surface area is 163 Å². The number of hydrogen-bond donors (Lipinski definition) is 1. The van der Waals surface area contributed by atoms with E-state index in [4.69, 9.17) is 0 Å². The topological polar surface area (TPSA) is 37.3 Å². The molecule has 0 radical (unpaired) electrons. The average molecular weight is 368 g/mol. The van der Waals surface area contributed by atoms with E-state index in [1.807, 2.05) is 0 Å². The molecule has 1 aliphatic heterocycles. The number of carbonyl (C=O) groups is 1. The maximum atomic E-state index is 13.0. The largest absolute Gasteiger partial charge is 0.353 e. The SMILES string of the molecule is CC(C)c1cccc(C(C)C)c1NC(=O)CN1CCC[C@H]1c1cccn1C. The van der Waals surface area contributed by atoms with E-state index < -0.39 is 0 Å². The van der Waals surface area contributed by atoms with Gasteiger partial charge in [-0.2, -0.15) is 0 Å². The number of benzene rings is 1. The van der Waals surface area contributed by atoms with Crippen LogP contribution in [0.3, 0.4) is 0 Å². The molecule has 0 aliphatic carbocycles. The number of nitrogens with zero attached hydrogens (tertiary/aromatic N) is 2. The van der Waals surface area contributed by atoms with Crippen LogP contribution in [0.25, 0.3) is 0 Å². The molecule has 1 amide bonds. The van der Waals surface area contributed by atoms with E-state index in [0.717, 1.165) is 25.1 Å². The summed E-state index contributed by atoms with van der Waals surface area (Å²) in [7, 11) is 2.08. The van der Waals surface area contributed by atoms with E-state index in [1.165, 1.54) is 16.8 Å². The Morgan fingerprint density at radius 3 is 2.33 bits per heavy atom. The molecule has 1 atom stereocenters. The average Bonchev–Trinajstić information content (AvgIpc) is 3.22. The van der Waals surface area contributed by atoms with Crippen LogP contribution in [0.2, 0.25) is 0 Å². The van der Waals surface area contributed by atoms with Gasteiger partial charge in [0.15, 0.2) is 0 Å². The number of hydrogen-bond acceptors (Lipinski definition) is 2. The number of aryl methyl sites for hydroxylation is 1. The van der Waals surface area contributed by atoms with Crippen LogP contribution in [-0.4, -0.2) is 28.5 Å². The number of carbonyl (C=O) groups excluding carboxylic acids is 1. The number of para-hydroxylation sites is 1. The lowest BCUT2D eigenvalue weighted by Gasteiger charge is -2.26. The highest BCUT2D eigenvalue weighted by atomic mass is 16.2. The van der Waals surface area contributed by atoms with E-state index in [9.17, 15) is 4.79 Å². The normalized spacial score (nSPS) is 17.8. The molecule has 0 bridgehead atoms. The predicted molar refractivity (Wildman–Crippen MR) is 112 cm³/mol. The molecule has 1 aromatic heterocycles. The summed E-state index contributed by atoms with van der Waals surface area (Å²) >= 11 is 0. The second-order valence-electron chi connectivity index (χ2n) is 8.34. The van der Waals surface area contributed by atoms with Crippen molar-refractivity contribution in [2.45, 2.75) is 58.4 Å². The maximum Gasteiger partial charge on any atom is 0.238 e. The zero-order valence-corrected chi connectivity index (χ0v) is 17.3. The number of nitrogens with one attached hydrogen (secondary N) is 1. The first-order valence-electron chi connectivity index (χ1n) is 10.2. The fourth-order valence-electron chi connectivity index (χ4n) is 4.23. The summed E-state index contributed by atoms with van der Waals surface area (Å²) in [6.45, 7) is 10.1. The van der Waals surface area contributed by atoms with E-state index in [1.54, 1.807) is 0 Å². The monoisotopic (exact) mass is 367 g/mol. The van der Waals surface area contributed by atoms with Gasteiger partial charge in [0, 0.05) is 24.6 Å². The lowest BCUT2D eigenvalue weighted by Crippen LogP contribution is -2.34. The molecule has 1 saturated heterocycles. The molecule has 1 aliphatic rings. The van der Waals surface area contributed by atoms with Crippen molar-refractivity contribution in [3.8, 4) is 0 Å². The molecule has 2 aromatic rings. The van der Waals surface area contributed by atoms with Crippen LogP contribution in [0, 0.1) is 0 Å². The smallest absolute Gasteiger partial charge is 0.238 e. The highest BCUT2D eigenvalue weighted by Crippen LogP contribution is 2.34. The minimum absolute atomic E-state index is 0.0890. The van der Waals surface area contributed by atoms with Gasteiger partial charge in [-0.05, 0) is 54.5 Å². The highest BCUT2D eigenvalue weighted by Gasteiger charge is 2.29. The van der Waals surface area contributed by atoms with Crippen LogP contribution >= 0.6 is 0 Å². The van der Waals surface area contributed by atoms with Crippen LogP contribution in [0.1, 0.15) is 75.2 Å². The Bertz CT molecular complexity index is 764. The molecule has 0 spiro atoms. The van der Waals surface area contributed by atoms with Crippen molar-refractivity contribution in [1.82, 2.24) is 9.47 Å². The van der Waals surface area contributed by atoms with E-state index in [0.29, 0.717) is 24.4 Å². The van der Waals surface area contributed by atoms with Crippen LogP contribution in [0.15, 0.2) is 36.5 Å². The number of aromatic nitrogens is 1. The first-order valence-corrected chi connectivity index (χ1v) is 10.2. The third-order valence-corrected chi connectivity index (χ3v) is 5.67. The zero-order chi connectivity index (χ0) is 19.6. The molecular weight excluding hydrogens is 334 g/mol. The zero-order valence-electron chi connectivity index (χ0n) is 17.3. The molecule has 0 saturated carbocycles. The number of anilines is 1. The van der Waals surface area contributed by atoms with Gasteiger partial charge >= 0.3 is 0 Å². The summed E-state index contributed by atoms with van der Waals surface area (Å²) in [4.78, 5) is 15.3. The first-order chi connectivity index (χ1) is 12.9. The van der Waals surface area contributed by atoms with Crippen LogP contribution in [0.5, 0.6) is 0 Å². The quantitative estimate of drug-likeness (QED) is 0.776. The fraction of sp³-hybridized carbons (Fsp3) is 0.522. The van der Waals surface area contributed by atoms with Crippen LogP contribution < -0.4 is 5.32 Å². The maximum absolute atomic E-state index is 13.0. The Balaban J connectivity index is 1.77. The predicted octanol–water partition coefficient (Wildman–Crippen LogP) is 5.05. The summed E-state index contributed by atoms with van der Waals surface area (Å²) in [6.07, 6.45) is 4.34. The van der Waals surface area contributed by atoms with Crippen molar-refractivity contribution in [2.24, 2.45) is 7.05 Å². The van der Waals surface area contributed by atoms with Crippen molar-refractivity contribution in [3.63, 3.8) is 0 Å². The number of rotatable bonds is 6. The van der Waals surface area contributed by atoms with Crippen LogP contribution in [0.4, 0.5) is 5.69 Å². The van der Waals surface area contributed by atoms with Gasteiger partial charge in [-0.1, -0.05) is 45.9 Å². The van der Waals surface area contributed by atoms with Gasteiger partial charge in [0.2, 0.25) is 5.91 Å². The van der Waals surface area contributed by atoms with Crippen molar-refractivity contribution in [3.05, 3.63) is 53.3 Å². The van der Waals surface area contributed by atoms with Gasteiger partial charge < -0.3 is 9.88 Å². The van der Waals surface area contributed by atoms with Gasteiger partial charge in [0.1, 0.15) is 0 Å². The molecule has 1 fully saturated rings. The minimum Gasteiger partial charge on any atom is -0.353 e. The number of amides is 1. The Hall–Kier alpha value is -2.07. The summed E-state index contributed by atoms with van der Waals surface area (Å²) in [6, 6.07) is 11.0. The molecule has 2 heterocycles. The standard InChI is InChI=1S/C23H33N3O/c1-16(2)18-9-6-10-19(17(3)4)23(18)24-22(27)15-26-14-8-12-21(26)20-11-7-13-25(20)5/h6-7,9-11,13,16-17,21H,8,12,14-15H2,1-5H3,(H,24,27)/t21-/m0/s1. The minimum atomic E-state index is 0.0890. The molecule has 146 valence electrons. The number of likely N-dealkylation sites (tertiary alicyclic amines) is 1. The molecule has 0 unspecified atom stereocenters. The summed E-state index contributed by atoms with van der Waals surface area (Å²) < 4.78 is 2.17. The second kappa shape index (κ2) is 8.30. The van der Waals surface area contributed by atoms with Gasteiger partial charge in [-0.25, -0.2) is 0 Å². The summed E-state index contributed by atoms with van der Waals surface area (Å²) in [5.41, 5.74) is 4.75. The van der Waals surface area contributed by atoms with Gasteiger partial charge in [0.25, 0.3) is 0 Å². The molecular formula is C23H33N3O. The molecule has 1 N–H and O–H groups in total. The van der Waals surface area contributed by atoms with Crippen molar-refractivity contribution in [2.75, 3.05) is 18.4 Å². The lowest BCUT2D eigenvalue weighted by atomic mass is 9.92. The van der Waals surface area contributed by atoms with Crippen LogP contribution in [-0.2, 0) is 11.8 Å². The molecule has 3 rings (SSSR count). The fourth-order valence-corrected chi connectivity index (χ4v) is 4.23. The molecule has 4 nitrogen and oxygen atoms in total. The third kappa shape index (κ3) is 4.27. The summed E-state index contributed by atoms with van der Waals surface area (Å²) in [5.74, 6) is 0.843.